The number of rotatable bonds is 6. The quantitative estimate of drug-likeness (QED) is 0.304. The SMILES string of the molecule is Cc1cc(F)c(N=C(CCC2CC2)C(F)(F)F)cc1SCC(F)(F)F. The van der Waals surface area contributed by atoms with E-state index >= 15 is 0 Å². The van der Waals surface area contributed by atoms with Crippen molar-refractivity contribution in [1.82, 2.24) is 0 Å². The van der Waals surface area contributed by atoms with E-state index in [4.69, 9.17) is 0 Å². The molecule has 0 aliphatic heterocycles. The summed E-state index contributed by atoms with van der Waals surface area (Å²) in [7, 11) is 0. The van der Waals surface area contributed by atoms with Gasteiger partial charge in [-0.15, -0.1) is 11.8 Å². The van der Waals surface area contributed by atoms with E-state index in [9.17, 15) is 30.7 Å². The Labute approximate surface area is 144 Å². The topological polar surface area (TPSA) is 12.4 Å². The molecule has 140 valence electrons. The Balaban J connectivity index is 2.27. The second-order valence-corrected chi connectivity index (χ2v) is 7.03. The van der Waals surface area contributed by atoms with Crippen LogP contribution in [0.15, 0.2) is 22.0 Å². The Morgan fingerprint density at radius 3 is 2.32 bits per heavy atom. The summed E-state index contributed by atoms with van der Waals surface area (Å²) in [6, 6.07) is 1.86. The molecule has 0 N–H and O–H groups in total. The standard InChI is InChI=1S/C16H16F7NS/c1-9-6-11(17)12(7-13(9)25-8-15(18,19)20)24-14(16(21,22)23)5-4-10-2-3-10/h6-7,10H,2-5,8H2,1H3. The first-order valence-electron chi connectivity index (χ1n) is 7.60. The van der Waals surface area contributed by atoms with E-state index in [2.05, 4.69) is 4.99 Å². The van der Waals surface area contributed by atoms with Crippen molar-refractivity contribution in [3.8, 4) is 0 Å². The number of hydrogen-bond acceptors (Lipinski definition) is 2. The van der Waals surface area contributed by atoms with Crippen LogP contribution in [0.1, 0.15) is 31.2 Å². The second kappa shape index (κ2) is 7.55. The predicted octanol–water partition coefficient (Wildman–Crippen LogP) is 6.61. The lowest BCUT2D eigenvalue weighted by Crippen LogP contribution is -2.23. The minimum absolute atomic E-state index is 0.0567. The maximum atomic E-state index is 14.0. The zero-order valence-electron chi connectivity index (χ0n) is 13.3. The Hall–Kier alpha value is -1.25. The Morgan fingerprint density at radius 2 is 1.80 bits per heavy atom. The highest BCUT2D eigenvalue weighted by atomic mass is 32.2. The number of aryl methyl sites for hydroxylation is 1. The van der Waals surface area contributed by atoms with E-state index < -0.39 is 35.3 Å². The fourth-order valence-corrected chi connectivity index (χ4v) is 3.00. The lowest BCUT2D eigenvalue weighted by atomic mass is 10.1. The third-order valence-electron chi connectivity index (χ3n) is 3.70. The van der Waals surface area contributed by atoms with Crippen LogP contribution < -0.4 is 0 Å². The molecule has 1 aliphatic carbocycles. The third kappa shape index (κ3) is 6.52. The van der Waals surface area contributed by atoms with Gasteiger partial charge in [0.05, 0.1) is 5.75 Å². The molecule has 2 rings (SSSR count). The van der Waals surface area contributed by atoms with E-state index in [-0.39, 0.29) is 22.8 Å². The molecule has 9 heteroatoms. The van der Waals surface area contributed by atoms with Gasteiger partial charge in [0.1, 0.15) is 17.2 Å². The van der Waals surface area contributed by atoms with Crippen LogP contribution in [0.5, 0.6) is 0 Å². The number of nitrogens with zero attached hydrogens (tertiary/aromatic N) is 1. The minimum atomic E-state index is -4.70. The molecule has 0 atom stereocenters. The van der Waals surface area contributed by atoms with Crippen molar-refractivity contribution in [2.24, 2.45) is 10.9 Å². The van der Waals surface area contributed by atoms with Crippen molar-refractivity contribution in [1.29, 1.82) is 0 Å². The molecule has 0 radical (unpaired) electrons. The van der Waals surface area contributed by atoms with Crippen LogP contribution in [-0.4, -0.2) is 23.8 Å². The van der Waals surface area contributed by atoms with E-state index in [0.717, 1.165) is 25.0 Å². The average Bonchev–Trinajstić information content (AvgIpc) is 3.26. The monoisotopic (exact) mass is 387 g/mol. The number of alkyl halides is 6. The zero-order chi connectivity index (χ0) is 18.8. The Bertz CT molecular complexity index is 645. The molecule has 1 fully saturated rings. The molecule has 1 saturated carbocycles. The summed E-state index contributed by atoms with van der Waals surface area (Å²) >= 11 is 0.398. The van der Waals surface area contributed by atoms with Crippen molar-refractivity contribution in [3.05, 3.63) is 23.5 Å². The molecule has 1 nitrogen and oxygen atoms in total. The lowest BCUT2D eigenvalue weighted by Gasteiger charge is -2.13. The van der Waals surface area contributed by atoms with Gasteiger partial charge in [0.25, 0.3) is 0 Å². The summed E-state index contributed by atoms with van der Waals surface area (Å²) in [5.74, 6) is -1.95. The van der Waals surface area contributed by atoms with Crippen LogP contribution in [0.3, 0.4) is 0 Å². The van der Waals surface area contributed by atoms with Gasteiger partial charge >= 0.3 is 12.4 Å². The van der Waals surface area contributed by atoms with Gasteiger partial charge in [0.15, 0.2) is 0 Å². The Morgan fingerprint density at radius 1 is 1.16 bits per heavy atom. The number of benzene rings is 1. The molecule has 0 spiro atoms. The highest BCUT2D eigenvalue weighted by Gasteiger charge is 2.37. The van der Waals surface area contributed by atoms with Crippen molar-refractivity contribution >= 4 is 23.2 Å². The second-order valence-electron chi connectivity index (χ2n) is 6.01. The van der Waals surface area contributed by atoms with E-state index in [1.165, 1.54) is 6.92 Å². The van der Waals surface area contributed by atoms with Crippen LogP contribution in [0.4, 0.5) is 36.4 Å². The summed E-state index contributed by atoms with van der Waals surface area (Å²) in [5, 5.41) is 0. The molecule has 0 heterocycles. The molecule has 0 unspecified atom stereocenters. The molecule has 1 aliphatic rings. The number of hydrogen-bond donors (Lipinski definition) is 0. The largest absolute Gasteiger partial charge is 0.429 e. The highest BCUT2D eigenvalue weighted by molar-refractivity contribution is 7.99. The molecule has 0 bridgehead atoms. The smallest absolute Gasteiger partial charge is 0.245 e. The molecule has 0 aromatic heterocycles. The number of aliphatic imine (C=N–C) groups is 1. The highest BCUT2D eigenvalue weighted by Crippen LogP contribution is 2.37. The van der Waals surface area contributed by atoms with Crippen molar-refractivity contribution in [2.75, 3.05) is 5.75 Å². The van der Waals surface area contributed by atoms with Crippen LogP contribution in [-0.2, 0) is 0 Å². The molecule has 1 aromatic rings. The van der Waals surface area contributed by atoms with Gasteiger partial charge in [-0.1, -0.05) is 12.8 Å². The summed E-state index contributed by atoms with van der Waals surface area (Å²) in [4.78, 5) is 3.45. The fraction of sp³-hybridized carbons (Fsp3) is 0.562. The van der Waals surface area contributed by atoms with Crippen LogP contribution in [0.25, 0.3) is 0 Å². The van der Waals surface area contributed by atoms with Crippen LogP contribution in [0, 0.1) is 18.7 Å². The van der Waals surface area contributed by atoms with E-state index in [1.807, 2.05) is 0 Å². The van der Waals surface area contributed by atoms with E-state index in [1.54, 1.807) is 0 Å². The number of halogens is 7. The van der Waals surface area contributed by atoms with Gasteiger partial charge in [-0.2, -0.15) is 26.3 Å². The van der Waals surface area contributed by atoms with Gasteiger partial charge in [-0.3, -0.25) is 0 Å². The summed E-state index contributed by atoms with van der Waals surface area (Å²) in [6.45, 7) is 1.40. The summed E-state index contributed by atoms with van der Waals surface area (Å²) < 4.78 is 90.2. The first-order chi connectivity index (χ1) is 11.5. The minimum Gasteiger partial charge on any atom is -0.245 e. The average molecular weight is 387 g/mol. The van der Waals surface area contributed by atoms with Gasteiger partial charge in [0, 0.05) is 4.90 Å². The lowest BCUT2D eigenvalue weighted by molar-refractivity contribution is -0.105. The van der Waals surface area contributed by atoms with Crippen molar-refractivity contribution in [2.45, 2.75) is 49.9 Å². The molecule has 0 amide bonds. The maximum Gasteiger partial charge on any atom is 0.429 e. The molecular weight excluding hydrogens is 371 g/mol. The predicted molar refractivity (Wildman–Crippen MR) is 83.0 cm³/mol. The zero-order valence-corrected chi connectivity index (χ0v) is 14.1. The molecule has 25 heavy (non-hydrogen) atoms. The van der Waals surface area contributed by atoms with Crippen molar-refractivity contribution in [3.63, 3.8) is 0 Å². The summed E-state index contributed by atoms with van der Waals surface area (Å²) in [6.07, 6.45) is -7.39. The van der Waals surface area contributed by atoms with Gasteiger partial charge in [0.2, 0.25) is 0 Å². The third-order valence-corrected chi connectivity index (χ3v) is 4.93. The summed E-state index contributed by atoms with van der Waals surface area (Å²) in [5.41, 5.74) is -1.47. The fourth-order valence-electron chi connectivity index (χ4n) is 2.20. The molecular formula is C16H16F7NS. The van der Waals surface area contributed by atoms with Gasteiger partial charge in [-0.05, 0) is 43.4 Å². The first kappa shape index (κ1) is 20.1. The van der Waals surface area contributed by atoms with E-state index in [0.29, 0.717) is 18.2 Å². The Kier molecular flexibility index (Phi) is 6.06. The normalized spacial score (nSPS) is 16.4. The van der Waals surface area contributed by atoms with Crippen LogP contribution >= 0.6 is 11.8 Å². The maximum absolute atomic E-state index is 14.0. The first-order valence-corrected chi connectivity index (χ1v) is 8.59. The van der Waals surface area contributed by atoms with Gasteiger partial charge < -0.3 is 0 Å². The van der Waals surface area contributed by atoms with Crippen molar-refractivity contribution < 1.29 is 30.7 Å². The molecule has 1 aromatic carbocycles. The number of thioether (sulfide) groups is 1. The molecule has 0 saturated heterocycles. The van der Waals surface area contributed by atoms with Gasteiger partial charge in [-0.25, -0.2) is 9.38 Å². The van der Waals surface area contributed by atoms with Crippen LogP contribution in [0.2, 0.25) is 0 Å².